The third-order valence-electron chi connectivity index (χ3n) is 3.21. The van der Waals surface area contributed by atoms with Crippen LogP contribution in [0.15, 0.2) is 24.3 Å². The first-order chi connectivity index (χ1) is 9.76. The van der Waals surface area contributed by atoms with Gasteiger partial charge in [0.25, 0.3) is 5.91 Å². The largest absolute Gasteiger partial charge is 0.491 e. The van der Waals surface area contributed by atoms with E-state index in [1.54, 1.807) is 7.11 Å². The van der Waals surface area contributed by atoms with Crippen LogP contribution in [0.1, 0.15) is 41.0 Å². The van der Waals surface area contributed by atoms with Crippen molar-refractivity contribution in [2.75, 3.05) is 12.4 Å². The van der Waals surface area contributed by atoms with E-state index in [0.29, 0.717) is 12.3 Å². The van der Waals surface area contributed by atoms with Crippen molar-refractivity contribution in [3.05, 3.63) is 24.3 Å². The number of nitrogens with one attached hydrogen (secondary N) is 1. The number of ether oxygens (including phenoxy) is 2. The van der Waals surface area contributed by atoms with E-state index in [1.165, 1.54) is 0 Å². The number of amides is 1. The molecule has 0 spiro atoms. The fourth-order valence-electron chi connectivity index (χ4n) is 2.20. The Labute approximate surface area is 127 Å². The maximum atomic E-state index is 12.4. The van der Waals surface area contributed by atoms with Crippen LogP contribution in [0.5, 0.6) is 5.75 Å². The van der Waals surface area contributed by atoms with Crippen LogP contribution in [0, 0.1) is 5.92 Å². The molecule has 4 heteroatoms. The van der Waals surface area contributed by atoms with Gasteiger partial charge >= 0.3 is 0 Å². The van der Waals surface area contributed by atoms with Gasteiger partial charge in [-0.3, -0.25) is 4.79 Å². The van der Waals surface area contributed by atoms with Crippen molar-refractivity contribution in [1.29, 1.82) is 0 Å². The zero-order valence-corrected chi connectivity index (χ0v) is 13.9. The van der Waals surface area contributed by atoms with Gasteiger partial charge in [-0.1, -0.05) is 13.8 Å². The zero-order valence-electron chi connectivity index (χ0n) is 13.9. The molecule has 1 atom stereocenters. The van der Waals surface area contributed by atoms with E-state index in [-0.39, 0.29) is 12.0 Å². The maximum Gasteiger partial charge on any atom is 0.256 e. The SMILES string of the molecule is COC(C)(CC(C)C)C(=O)Nc1ccc(OC(C)C)cc1. The van der Waals surface area contributed by atoms with Gasteiger partial charge in [-0.25, -0.2) is 0 Å². The smallest absolute Gasteiger partial charge is 0.256 e. The van der Waals surface area contributed by atoms with Gasteiger partial charge in [0.05, 0.1) is 6.10 Å². The van der Waals surface area contributed by atoms with Crippen LogP contribution in [0.3, 0.4) is 0 Å². The van der Waals surface area contributed by atoms with Crippen LogP contribution in [-0.2, 0) is 9.53 Å². The van der Waals surface area contributed by atoms with E-state index >= 15 is 0 Å². The number of hydrogen-bond acceptors (Lipinski definition) is 3. The fraction of sp³-hybridized carbons (Fsp3) is 0.588. The summed E-state index contributed by atoms with van der Waals surface area (Å²) in [5.41, 5.74) is -0.0792. The minimum Gasteiger partial charge on any atom is -0.491 e. The van der Waals surface area contributed by atoms with Crippen molar-refractivity contribution in [3.63, 3.8) is 0 Å². The van der Waals surface area contributed by atoms with Crippen molar-refractivity contribution in [2.45, 2.75) is 52.7 Å². The Bertz CT molecular complexity index is 454. The van der Waals surface area contributed by atoms with Crippen LogP contribution in [0.2, 0.25) is 0 Å². The van der Waals surface area contributed by atoms with Gasteiger partial charge in [-0.15, -0.1) is 0 Å². The van der Waals surface area contributed by atoms with Crippen LogP contribution < -0.4 is 10.1 Å². The highest BCUT2D eigenvalue weighted by atomic mass is 16.5. The minimum atomic E-state index is -0.818. The summed E-state index contributed by atoms with van der Waals surface area (Å²) in [6.07, 6.45) is 0.803. The maximum absolute atomic E-state index is 12.4. The summed E-state index contributed by atoms with van der Waals surface area (Å²) >= 11 is 0. The summed E-state index contributed by atoms with van der Waals surface area (Å²) in [6.45, 7) is 9.92. The second kappa shape index (κ2) is 7.46. The molecule has 118 valence electrons. The van der Waals surface area contributed by atoms with E-state index in [4.69, 9.17) is 9.47 Å². The van der Waals surface area contributed by atoms with E-state index in [1.807, 2.05) is 45.0 Å². The molecule has 0 aliphatic carbocycles. The molecule has 0 aliphatic heterocycles. The summed E-state index contributed by atoms with van der Waals surface area (Å²) < 4.78 is 11.0. The van der Waals surface area contributed by atoms with Gasteiger partial charge in [-0.05, 0) is 57.4 Å². The molecule has 1 aromatic rings. The van der Waals surface area contributed by atoms with E-state index < -0.39 is 5.60 Å². The molecule has 0 fully saturated rings. The van der Waals surface area contributed by atoms with Crippen LogP contribution in [0.4, 0.5) is 5.69 Å². The normalized spacial score (nSPS) is 14.1. The molecule has 0 saturated heterocycles. The summed E-state index contributed by atoms with van der Waals surface area (Å²) in [5, 5.41) is 2.90. The summed E-state index contributed by atoms with van der Waals surface area (Å²) in [7, 11) is 1.57. The molecule has 4 nitrogen and oxygen atoms in total. The molecule has 21 heavy (non-hydrogen) atoms. The van der Waals surface area contributed by atoms with Crippen LogP contribution in [-0.4, -0.2) is 24.7 Å². The predicted molar refractivity (Wildman–Crippen MR) is 85.7 cm³/mol. The van der Waals surface area contributed by atoms with Gasteiger partial charge in [-0.2, -0.15) is 0 Å². The molecular weight excluding hydrogens is 266 g/mol. The van der Waals surface area contributed by atoms with Crippen molar-refractivity contribution in [3.8, 4) is 5.75 Å². The quantitative estimate of drug-likeness (QED) is 0.830. The Morgan fingerprint density at radius 3 is 2.19 bits per heavy atom. The molecule has 1 N–H and O–H groups in total. The topological polar surface area (TPSA) is 47.6 Å². The molecule has 0 aliphatic rings. The lowest BCUT2D eigenvalue weighted by Gasteiger charge is -2.28. The third kappa shape index (κ3) is 5.38. The fourth-order valence-corrected chi connectivity index (χ4v) is 2.20. The zero-order chi connectivity index (χ0) is 16.0. The van der Waals surface area contributed by atoms with Crippen LogP contribution in [0.25, 0.3) is 0 Å². The second-order valence-corrected chi connectivity index (χ2v) is 6.18. The van der Waals surface area contributed by atoms with Gasteiger partial charge in [0.2, 0.25) is 0 Å². The Balaban J connectivity index is 2.73. The second-order valence-electron chi connectivity index (χ2n) is 6.18. The summed E-state index contributed by atoms with van der Waals surface area (Å²) in [5.74, 6) is 1.04. The average Bonchev–Trinajstić information content (AvgIpc) is 2.39. The van der Waals surface area contributed by atoms with Crippen molar-refractivity contribution in [1.82, 2.24) is 0 Å². The first-order valence-corrected chi connectivity index (χ1v) is 7.40. The molecule has 1 amide bonds. The highest BCUT2D eigenvalue weighted by molar-refractivity contribution is 5.97. The van der Waals surface area contributed by atoms with Crippen molar-refractivity contribution in [2.24, 2.45) is 5.92 Å². The van der Waals surface area contributed by atoms with Crippen LogP contribution >= 0.6 is 0 Å². The van der Waals surface area contributed by atoms with E-state index in [0.717, 1.165) is 11.4 Å². The molecule has 1 aromatic carbocycles. The third-order valence-corrected chi connectivity index (χ3v) is 3.21. The molecule has 0 bridgehead atoms. The molecule has 0 radical (unpaired) electrons. The number of benzene rings is 1. The molecule has 1 unspecified atom stereocenters. The summed E-state index contributed by atoms with van der Waals surface area (Å²) in [6, 6.07) is 7.37. The molecule has 1 rings (SSSR count). The molecule has 0 saturated carbocycles. The van der Waals surface area contributed by atoms with Gasteiger partial charge in [0.1, 0.15) is 11.4 Å². The monoisotopic (exact) mass is 293 g/mol. The lowest BCUT2D eigenvalue weighted by atomic mass is 9.93. The lowest BCUT2D eigenvalue weighted by Crippen LogP contribution is -2.43. The Kier molecular flexibility index (Phi) is 6.21. The lowest BCUT2D eigenvalue weighted by molar-refractivity contribution is -0.137. The number of carbonyl (C=O) groups is 1. The highest BCUT2D eigenvalue weighted by Crippen LogP contribution is 2.23. The number of methoxy groups -OCH3 is 1. The van der Waals surface area contributed by atoms with E-state index in [2.05, 4.69) is 19.2 Å². The van der Waals surface area contributed by atoms with Crippen molar-refractivity contribution >= 4 is 11.6 Å². The number of hydrogen-bond donors (Lipinski definition) is 1. The molecule has 0 heterocycles. The minimum absolute atomic E-state index is 0.128. The Morgan fingerprint density at radius 1 is 1.19 bits per heavy atom. The first kappa shape index (κ1) is 17.5. The van der Waals surface area contributed by atoms with Gasteiger partial charge in [0, 0.05) is 12.8 Å². The standard InChI is InChI=1S/C17H27NO3/c1-12(2)11-17(5,20-6)16(19)18-14-7-9-15(10-8-14)21-13(3)4/h7-10,12-13H,11H2,1-6H3,(H,18,19). The predicted octanol–water partition coefficient (Wildman–Crippen LogP) is 3.86. The Hall–Kier alpha value is -1.55. The highest BCUT2D eigenvalue weighted by Gasteiger charge is 2.33. The number of anilines is 1. The first-order valence-electron chi connectivity index (χ1n) is 7.40. The molecule has 0 aromatic heterocycles. The molecular formula is C17H27NO3. The van der Waals surface area contributed by atoms with Gasteiger partial charge in [0.15, 0.2) is 0 Å². The number of rotatable bonds is 7. The van der Waals surface area contributed by atoms with Crippen molar-refractivity contribution < 1.29 is 14.3 Å². The number of carbonyl (C=O) groups excluding carboxylic acids is 1. The van der Waals surface area contributed by atoms with E-state index in [9.17, 15) is 4.79 Å². The van der Waals surface area contributed by atoms with Gasteiger partial charge < -0.3 is 14.8 Å². The Morgan fingerprint density at radius 2 is 1.76 bits per heavy atom. The average molecular weight is 293 g/mol. The summed E-state index contributed by atoms with van der Waals surface area (Å²) in [4.78, 5) is 12.4.